The second kappa shape index (κ2) is 9.10. The van der Waals surface area contributed by atoms with Gasteiger partial charge >= 0.3 is 6.01 Å². The minimum absolute atomic E-state index is 0.0433. The molecule has 5 rings (SSSR count). The predicted molar refractivity (Wildman–Crippen MR) is 119 cm³/mol. The summed E-state index contributed by atoms with van der Waals surface area (Å²) >= 11 is 0. The van der Waals surface area contributed by atoms with Gasteiger partial charge in [-0.05, 0) is 31.2 Å². The molecule has 34 heavy (non-hydrogen) atoms. The molecule has 4 aromatic rings. The van der Waals surface area contributed by atoms with Crippen LogP contribution in [0.15, 0.2) is 48.5 Å². The third-order valence-corrected chi connectivity index (χ3v) is 5.32. The lowest BCUT2D eigenvalue weighted by Crippen LogP contribution is -2.37. The Bertz CT molecular complexity index is 1350. The zero-order valence-electron chi connectivity index (χ0n) is 18.2. The van der Waals surface area contributed by atoms with Crippen LogP contribution >= 0.6 is 0 Å². The van der Waals surface area contributed by atoms with Crippen LogP contribution in [-0.2, 0) is 4.74 Å². The Morgan fingerprint density at radius 2 is 1.76 bits per heavy atom. The third-order valence-electron chi connectivity index (χ3n) is 5.32. The molecule has 0 radical (unpaired) electrons. The van der Waals surface area contributed by atoms with Gasteiger partial charge in [0, 0.05) is 18.7 Å². The van der Waals surface area contributed by atoms with Gasteiger partial charge in [-0.15, -0.1) is 0 Å². The van der Waals surface area contributed by atoms with E-state index in [-0.39, 0.29) is 23.7 Å². The first-order chi connectivity index (χ1) is 16.5. The minimum Gasteiger partial charge on any atom is -0.424 e. The number of anilines is 1. The predicted octanol–water partition coefficient (Wildman–Crippen LogP) is 3.98. The van der Waals surface area contributed by atoms with Crippen LogP contribution in [0.1, 0.15) is 29.5 Å². The van der Waals surface area contributed by atoms with E-state index in [1.165, 1.54) is 11.5 Å². The van der Waals surface area contributed by atoms with Crippen molar-refractivity contribution in [2.24, 2.45) is 0 Å². The Morgan fingerprint density at radius 1 is 1.00 bits per heavy atom. The average molecular weight is 466 g/mol. The van der Waals surface area contributed by atoms with E-state index in [1.807, 2.05) is 4.90 Å². The number of Topliss-reactive ketones (excluding diaryl/α,β-unsaturated/α-hetero) is 1. The topological polar surface area (TPSA) is 95.3 Å². The van der Waals surface area contributed by atoms with Crippen LogP contribution in [0.2, 0.25) is 0 Å². The summed E-state index contributed by atoms with van der Waals surface area (Å²) in [7, 11) is 0. The first kappa shape index (κ1) is 21.8. The van der Waals surface area contributed by atoms with Crippen molar-refractivity contribution in [1.29, 1.82) is 0 Å². The van der Waals surface area contributed by atoms with Gasteiger partial charge in [-0.1, -0.05) is 24.3 Å². The number of hydrogen-bond acceptors (Lipinski definition) is 8. The van der Waals surface area contributed by atoms with Gasteiger partial charge in [0.1, 0.15) is 5.75 Å². The lowest BCUT2D eigenvalue weighted by molar-refractivity contribution is 0.101. The summed E-state index contributed by atoms with van der Waals surface area (Å²) in [6.07, 6.45) is -2.85. The number of alkyl halides is 2. The lowest BCUT2D eigenvalue weighted by Gasteiger charge is -2.27. The van der Waals surface area contributed by atoms with Gasteiger partial charge in [-0.25, -0.2) is 13.8 Å². The van der Waals surface area contributed by atoms with Crippen molar-refractivity contribution in [3.63, 3.8) is 0 Å². The standard InChI is InChI=1S/C23H20F2N6O3/c1-14(32)15-5-4-6-16(13-15)34-23-28-21(30-9-11-33-12-10-30)27-22(29-23)31-18-8-3-2-7-17(18)26-20(31)19(24)25/h2-8,13,19H,9-12H2,1H3. The number of nitrogens with zero attached hydrogens (tertiary/aromatic N) is 6. The molecule has 2 aromatic heterocycles. The highest BCUT2D eigenvalue weighted by Gasteiger charge is 2.24. The number of hydrogen-bond donors (Lipinski definition) is 0. The van der Waals surface area contributed by atoms with Crippen molar-refractivity contribution in [2.75, 3.05) is 31.2 Å². The highest BCUT2D eigenvalue weighted by molar-refractivity contribution is 5.94. The molecule has 0 spiro atoms. The number of para-hydroxylation sites is 2. The molecule has 9 nitrogen and oxygen atoms in total. The normalized spacial score (nSPS) is 14.1. The van der Waals surface area contributed by atoms with Crippen LogP contribution < -0.4 is 9.64 Å². The summed E-state index contributed by atoms with van der Waals surface area (Å²) < 4.78 is 40.3. The number of ether oxygens (including phenoxy) is 2. The van der Waals surface area contributed by atoms with E-state index in [0.29, 0.717) is 48.6 Å². The molecule has 1 fully saturated rings. The van der Waals surface area contributed by atoms with Crippen LogP contribution in [0.25, 0.3) is 17.0 Å². The smallest absolute Gasteiger partial charge is 0.328 e. The monoisotopic (exact) mass is 466 g/mol. The van der Waals surface area contributed by atoms with E-state index in [9.17, 15) is 13.6 Å². The highest BCUT2D eigenvalue weighted by Crippen LogP contribution is 2.29. The zero-order valence-corrected chi connectivity index (χ0v) is 18.2. The Labute approximate surface area is 193 Å². The fourth-order valence-electron chi connectivity index (χ4n) is 3.67. The SMILES string of the molecule is CC(=O)c1cccc(Oc2nc(N3CCOCC3)nc(-n3c(C(F)F)nc4ccccc43)n2)c1. The van der Waals surface area contributed by atoms with Gasteiger partial charge in [0.2, 0.25) is 11.9 Å². The van der Waals surface area contributed by atoms with Crippen molar-refractivity contribution >= 4 is 22.8 Å². The van der Waals surface area contributed by atoms with Crippen molar-refractivity contribution in [2.45, 2.75) is 13.3 Å². The maximum absolute atomic E-state index is 13.9. The summed E-state index contributed by atoms with van der Waals surface area (Å²) in [4.78, 5) is 30.9. The first-order valence-corrected chi connectivity index (χ1v) is 10.6. The summed E-state index contributed by atoms with van der Waals surface area (Å²) in [5.74, 6) is -0.0447. The van der Waals surface area contributed by atoms with Gasteiger partial charge in [0.25, 0.3) is 6.43 Å². The number of fused-ring (bicyclic) bond motifs is 1. The van der Waals surface area contributed by atoms with Crippen molar-refractivity contribution in [3.8, 4) is 17.7 Å². The highest BCUT2D eigenvalue weighted by atomic mass is 19.3. The van der Waals surface area contributed by atoms with Gasteiger partial charge < -0.3 is 14.4 Å². The second-order valence-electron chi connectivity index (χ2n) is 7.60. The molecular formula is C23H20F2N6O3. The number of imidazole rings is 1. The van der Waals surface area contributed by atoms with E-state index in [4.69, 9.17) is 9.47 Å². The molecule has 0 aliphatic carbocycles. The molecule has 3 heterocycles. The van der Waals surface area contributed by atoms with Gasteiger partial charge in [0.15, 0.2) is 11.6 Å². The lowest BCUT2D eigenvalue weighted by atomic mass is 10.1. The minimum atomic E-state index is -2.85. The van der Waals surface area contributed by atoms with Gasteiger partial charge in [-0.3, -0.25) is 9.36 Å². The maximum atomic E-state index is 13.9. The number of benzene rings is 2. The number of morpholine rings is 1. The zero-order chi connectivity index (χ0) is 23.7. The molecule has 1 aliphatic rings. The van der Waals surface area contributed by atoms with Crippen LogP contribution in [0, 0.1) is 0 Å². The van der Waals surface area contributed by atoms with Crippen LogP contribution in [0.4, 0.5) is 14.7 Å². The number of rotatable bonds is 6. The fourth-order valence-corrected chi connectivity index (χ4v) is 3.67. The van der Waals surface area contributed by atoms with E-state index < -0.39 is 12.2 Å². The van der Waals surface area contributed by atoms with E-state index >= 15 is 0 Å². The number of halogens is 2. The summed E-state index contributed by atoms with van der Waals surface area (Å²) in [6, 6.07) is 13.2. The Balaban J connectivity index is 1.64. The molecule has 0 N–H and O–H groups in total. The third kappa shape index (κ3) is 4.29. The molecule has 1 aliphatic heterocycles. The van der Waals surface area contributed by atoms with Crippen LogP contribution in [0.5, 0.6) is 11.8 Å². The molecule has 0 unspecified atom stereocenters. The maximum Gasteiger partial charge on any atom is 0.328 e. The Kier molecular flexibility index (Phi) is 5.84. The second-order valence-corrected chi connectivity index (χ2v) is 7.60. The molecule has 0 saturated carbocycles. The molecule has 0 amide bonds. The molecule has 2 aromatic carbocycles. The summed E-state index contributed by atoms with van der Waals surface area (Å²) in [6.45, 7) is 3.46. The molecular weight excluding hydrogens is 446 g/mol. The molecule has 0 bridgehead atoms. The van der Waals surface area contributed by atoms with Gasteiger partial charge in [0.05, 0.1) is 24.2 Å². The Hall–Kier alpha value is -3.99. The molecule has 174 valence electrons. The number of ketones is 1. The summed E-state index contributed by atoms with van der Waals surface area (Å²) in [5.41, 5.74) is 1.28. The average Bonchev–Trinajstić information content (AvgIpc) is 3.25. The van der Waals surface area contributed by atoms with Gasteiger partial charge in [-0.2, -0.15) is 15.0 Å². The Morgan fingerprint density at radius 3 is 2.53 bits per heavy atom. The molecule has 1 saturated heterocycles. The first-order valence-electron chi connectivity index (χ1n) is 10.6. The van der Waals surface area contributed by atoms with Crippen LogP contribution in [-0.4, -0.2) is 56.6 Å². The molecule has 11 heteroatoms. The van der Waals surface area contributed by atoms with E-state index in [0.717, 1.165) is 0 Å². The number of aromatic nitrogens is 5. The van der Waals surface area contributed by atoms with Crippen molar-refractivity contribution in [3.05, 3.63) is 59.9 Å². The molecule has 0 atom stereocenters. The van der Waals surface area contributed by atoms with Crippen LogP contribution in [0.3, 0.4) is 0 Å². The van der Waals surface area contributed by atoms with E-state index in [1.54, 1.807) is 48.5 Å². The van der Waals surface area contributed by atoms with E-state index in [2.05, 4.69) is 19.9 Å². The van der Waals surface area contributed by atoms with Crippen molar-refractivity contribution < 1.29 is 23.0 Å². The number of carbonyl (C=O) groups excluding carboxylic acids is 1. The quantitative estimate of drug-likeness (QED) is 0.394. The summed E-state index contributed by atoms with van der Waals surface area (Å²) in [5, 5.41) is 0. The van der Waals surface area contributed by atoms with Crippen molar-refractivity contribution in [1.82, 2.24) is 24.5 Å². The fraction of sp³-hybridized carbons (Fsp3) is 0.261. The largest absolute Gasteiger partial charge is 0.424 e. The number of carbonyl (C=O) groups is 1.